The van der Waals surface area contributed by atoms with E-state index in [0.29, 0.717) is 29.2 Å². The minimum Gasteiger partial charge on any atom is -0.478 e. The first kappa shape index (κ1) is 16.5. The topological polar surface area (TPSA) is 69.6 Å². The molecule has 0 aromatic heterocycles. The molecule has 0 spiro atoms. The van der Waals surface area contributed by atoms with Gasteiger partial charge in [0.2, 0.25) is 0 Å². The number of carboxylic acids is 1. The Hall–Kier alpha value is -1.56. The third-order valence-corrected chi connectivity index (χ3v) is 3.20. The van der Waals surface area contributed by atoms with Gasteiger partial charge < -0.3 is 15.3 Å². The number of nitrogens with zero attached hydrogens (tertiary/aromatic N) is 1. The molecule has 0 unspecified atom stereocenters. The van der Waals surface area contributed by atoms with Gasteiger partial charge in [0, 0.05) is 17.6 Å². The van der Waals surface area contributed by atoms with Crippen LogP contribution in [-0.2, 0) is 0 Å². The van der Waals surface area contributed by atoms with Crippen molar-refractivity contribution in [2.24, 2.45) is 5.92 Å². The number of nitrogens with one attached hydrogen (secondary N) is 1. The smallest absolute Gasteiger partial charge is 0.337 e. The highest BCUT2D eigenvalue weighted by Crippen LogP contribution is 2.22. The number of benzene rings is 1. The van der Waals surface area contributed by atoms with Gasteiger partial charge in [-0.05, 0) is 31.0 Å². The highest BCUT2D eigenvalue weighted by Gasteiger charge is 2.17. The van der Waals surface area contributed by atoms with Gasteiger partial charge in [0.15, 0.2) is 0 Å². The summed E-state index contributed by atoms with van der Waals surface area (Å²) in [6.07, 6.45) is 0. The summed E-state index contributed by atoms with van der Waals surface area (Å²) in [5, 5.41) is 11.8. The quantitative estimate of drug-likeness (QED) is 0.857. The van der Waals surface area contributed by atoms with Crippen LogP contribution in [0.2, 0.25) is 0 Å². The molecule has 1 aromatic rings. The van der Waals surface area contributed by atoms with Gasteiger partial charge in [-0.1, -0.05) is 29.8 Å². The van der Waals surface area contributed by atoms with E-state index in [-0.39, 0.29) is 11.6 Å². The second-order valence-corrected chi connectivity index (χ2v) is 5.77. The van der Waals surface area contributed by atoms with Crippen LogP contribution < -0.4 is 5.32 Å². The van der Waals surface area contributed by atoms with Crippen LogP contribution in [0.25, 0.3) is 0 Å². The Bertz CT molecular complexity index is 503. The molecule has 0 aliphatic rings. The number of amides is 2. The van der Waals surface area contributed by atoms with Gasteiger partial charge in [0.1, 0.15) is 0 Å². The van der Waals surface area contributed by atoms with Crippen molar-refractivity contribution in [3.8, 4) is 0 Å². The molecule has 6 heteroatoms. The Morgan fingerprint density at radius 2 is 2.05 bits per heavy atom. The molecule has 1 rings (SSSR count). The van der Waals surface area contributed by atoms with Gasteiger partial charge in [-0.2, -0.15) is 0 Å². The molecule has 2 amide bonds. The van der Waals surface area contributed by atoms with Crippen LogP contribution in [0.3, 0.4) is 0 Å². The summed E-state index contributed by atoms with van der Waals surface area (Å²) in [5.41, 5.74) is 0.362. The third kappa shape index (κ3) is 4.52. The highest BCUT2D eigenvalue weighted by molar-refractivity contribution is 9.10. The van der Waals surface area contributed by atoms with E-state index >= 15 is 0 Å². The van der Waals surface area contributed by atoms with Crippen LogP contribution in [-0.4, -0.2) is 35.1 Å². The number of carboxylic acid groups (broad SMARTS) is 1. The van der Waals surface area contributed by atoms with Crippen molar-refractivity contribution in [3.05, 3.63) is 28.2 Å². The fraction of sp³-hybridized carbons (Fsp3) is 0.429. The van der Waals surface area contributed by atoms with Crippen LogP contribution in [0.5, 0.6) is 0 Å². The van der Waals surface area contributed by atoms with Crippen molar-refractivity contribution >= 4 is 33.6 Å². The summed E-state index contributed by atoms with van der Waals surface area (Å²) in [5.74, 6) is -0.720. The molecule has 0 aliphatic carbocycles. The average Bonchev–Trinajstić information content (AvgIpc) is 2.35. The minimum absolute atomic E-state index is 0.0714. The summed E-state index contributed by atoms with van der Waals surface area (Å²) in [4.78, 5) is 25.0. The van der Waals surface area contributed by atoms with E-state index in [2.05, 4.69) is 21.2 Å². The lowest BCUT2D eigenvalue weighted by molar-refractivity contribution is 0.0698. The maximum absolute atomic E-state index is 12.2. The second-order valence-electron chi connectivity index (χ2n) is 4.86. The number of aromatic carboxylic acids is 1. The zero-order valence-corrected chi connectivity index (χ0v) is 13.4. The first-order chi connectivity index (χ1) is 9.35. The average molecular weight is 343 g/mol. The maximum atomic E-state index is 12.2. The summed E-state index contributed by atoms with van der Waals surface area (Å²) in [6.45, 7) is 7.13. The molecule has 2 N–H and O–H groups in total. The molecular formula is C14H19BrN2O3. The van der Waals surface area contributed by atoms with Crippen molar-refractivity contribution in [3.63, 3.8) is 0 Å². The van der Waals surface area contributed by atoms with E-state index in [9.17, 15) is 9.59 Å². The number of hydrogen-bond acceptors (Lipinski definition) is 2. The Labute approximate surface area is 127 Å². The normalized spacial score (nSPS) is 10.4. The summed E-state index contributed by atoms with van der Waals surface area (Å²) >= 11 is 3.27. The predicted octanol–water partition coefficient (Wildman–Crippen LogP) is 3.66. The van der Waals surface area contributed by atoms with Gasteiger partial charge in [0.25, 0.3) is 0 Å². The van der Waals surface area contributed by atoms with Crippen molar-refractivity contribution in [2.45, 2.75) is 20.8 Å². The molecule has 0 radical (unpaired) electrons. The minimum atomic E-state index is -1.07. The van der Waals surface area contributed by atoms with Crippen LogP contribution >= 0.6 is 15.9 Å². The summed E-state index contributed by atoms with van der Waals surface area (Å²) in [7, 11) is 0. The number of hydrogen-bond donors (Lipinski definition) is 2. The zero-order chi connectivity index (χ0) is 15.3. The van der Waals surface area contributed by atoms with Gasteiger partial charge in [-0.3, -0.25) is 0 Å². The Morgan fingerprint density at radius 3 is 2.55 bits per heavy atom. The molecule has 5 nitrogen and oxygen atoms in total. The van der Waals surface area contributed by atoms with Gasteiger partial charge in [-0.15, -0.1) is 0 Å². The van der Waals surface area contributed by atoms with E-state index in [1.165, 1.54) is 6.07 Å². The van der Waals surface area contributed by atoms with E-state index in [1.54, 1.807) is 17.0 Å². The van der Waals surface area contributed by atoms with Gasteiger partial charge in [0.05, 0.1) is 11.3 Å². The fourth-order valence-electron chi connectivity index (χ4n) is 1.80. The number of carbonyl (C=O) groups is 2. The molecule has 1 aromatic carbocycles. The van der Waals surface area contributed by atoms with Crippen LogP contribution in [0.15, 0.2) is 22.7 Å². The van der Waals surface area contributed by atoms with Crippen LogP contribution in [0.1, 0.15) is 31.1 Å². The van der Waals surface area contributed by atoms with E-state index in [4.69, 9.17) is 5.11 Å². The van der Waals surface area contributed by atoms with Crippen molar-refractivity contribution in [2.75, 3.05) is 18.4 Å². The summed E-state index contributed by atoms with van der Waals surface area (Å²) in [6, 6.07) is 4.39. The number of urea groups is 1. The van der Waals surface area contributed by atoms with Crippen molar-refractivity contribution in [1.82, 2.24) is 4.90 Å². The summed E-state index contributed by atoms with van der Waals surface area (Å²) < 4.78 is 0.713. The standard InChI is InChI=1S/C14H19BrN2O3/c1-4-17(8-9(2)3)14(20)16-12-7-10(15)5-6-11(12)13(18)19/h5-7,9H,4,8H2,1-3H3,(H,16,20)(H,18,19). The molecule has 0 saturated carbocycles. The highest BCUT2D eigenvalue weighted by atomic mass is 79.9. The van der Waals surface area contributed by atoms with Gasteiger partial charge in [-0.25, -0.2) is 9.59 Å². The largest absolute Gasteiger partial charge is 0.478 e. The van der Waals surface area contributed by atoms with Crippen molar-refractivity contribution < 1.29 is 14.7 Å². The number of rotatable bonds is 5. The van der Waals surface area contributed by atoms with Crippen LogP contribution in [0, 0.1) is 5.92 Å². The van der Waals surface area contributed by atoms with E-state index in [1.807, 2.05) is 20.8 Å². The molecule has 0 atom stereocenters. The molecule has 0 saturated heterocycles. The van der Waals surface area contributed by atoms with E-state index < -0.39 is 5.97 Å². The number of halogens is 1. The molecule has 0 aliphatic heterocycles. The molecule has 0 fully saturated rings. The monoisotopic (exact) mass is 342 g/mol. The fourth-order valence-corrected chi connectivity index (χ4v) is 2.16. The molecule has 0 heterocycles. The first-order valence-corrected chi connectivity index (χ1v) is 7.23. The SMILES string of the molecule is CCN(CC(C)C)C(=O)Nc1cc(Br)ccc1C(=O)O. The lowest BCUT2D eigenvalue weighted by atomic mass is 10.2. The molecule has 20 heavy (non-hydrogen) atoms. The Balaban J connectivity index is 2.94. The van der Waals surface area contributed by atoms with Crippen molar-refractivity contribution in [1.29, 1.82) is 0 Å². The third-order valence-electron chi connectivity index (χ3n) is 2.71. The van der Waals surface area contributed by atoms with Crippen LogP contribution in [0.4, 0.5) is 10.5 Å². The first-order valence-electron chi connectivity index (χ1n) is 6.43. The Morgan fingerprint density at radius 1 is 1.40 bits per heavy atom. The van der Waals surface area contributed by atoms with Gasteiger partial charge >= 0.3 is 12.0 Å². The molecule has 0 bridgehead atoms. The second kappa shape index (κ2) is 7.28. The lowest BCUT2D eigenvalue weighted by Gasteiger charge is -2.23. The molecular weight excluding hydrogens is 324 g/mol. The zero-order valence-electron chi connectivity index (χ0n) is 11.8. The predicted molar refractivity (Wildman–Crippen MR) is 82.2 cm³/mol. The molecule has 110 valence electrons. The van der Waals surface area contributed by atoms with E-state index in [0.717, 1.165) is 0 Å². The maximum Gasteiger partial charge on any atom is 0.337 e. The number of carbonyl (C=O) groups excluding carboxylic acids is 1. The lowest BCUT2D eigenvalue weighted by Crippen LogP contribution is -2.37. The number of anilines is 1. The Kier molecular flexibility index (Phi) is 6.01.